The van der Waals surface area contributed by atoms with Crippen molar-refractivity contribution in [3.63, 3.8) is 0 Å². The predicted octanol–water partition coefficient (Wildman–Crippen LogP) is 2.11. The molecule has 1 fully saturated rings. The van der Waals surface area contributed by atoms with Crippen molar-refractivity contribution in [3.8, 4) is 0 Å². The summed E-state index contributed by atoms with van der Waals surface area (Å²) in [5.74, 6) is 1.20. The van der Waals surface area contributed by atoms with Gasteiger partial charge in [-0.3, -0.25) is 4.90 Å². The molecule has 0 aromatic heterocycles. The van der Waals surface area contributed by atoms with Gasteiger partial charge in [0, 0.05) is 46.3 Å². The minimum Gasteiger partial charge on any atom is -0.494 e. The molecule has 1 aromatic carbocycles. The van der Waals surface area contributed by atoms with Gasteiger partial charge in [0.05, 0.1) is 5.76 Å². The predicted molar refractivity (Wildman–Crippen MR) is 89.5 cm³/mol. The SMILES string of the molecule is CN1CCC(OC2=CCN(Cc3ccccc3)CC2)C1.CO. The highest BCUT2D eigenvalue weighted by molar-refractivity contribution is 5.15. The fraction of sp³-hybridized carbons (Fsp3) is 0.556. The fourth-order valence-corrected chi connectivity index (χ4v) is 2.99. The zero-order valence-corrected chi connectivity index (χ0v) is 13.7. The van der Waals surface area contributed by atoms with Gasteiger partial charge in [-0.2, -0.15) is 0 Å². The van der Waals surface area contributed by atoms with Crippen molar-refractivity contribution in [2.45, 2.75) is 25.5 Å². The van der Waals surface area contributed by atoms with Crippen LogP contribution in [0.2, 0.25) is 0 Å². The molecule has 0 bridgehead atoms. The van der Waals surface area contributed by atoms with Gasteiger partial charge in [0.15, 0.2) is 0 Å². The molecule has 0 amide bonds. The monoisotopic (exact) mass is 304 g/mol. The number of ether oxygens (including phenoxy) is 1. The Morgan fingerprint density at radius 2 is 1.95 bits per heavy atom. The van der Waals surface area contributed by atoms with Gasteiger partial charge in [-0.05, 0) is 25.1 Å². The molecule has 122 valence electrons. The van der Waals surface area contributed by atoms with E-state index in [4.69, 9.17) is 9.84 Å². The van der Waals surface area contributed by atoms with E-state index in [0.717, 1.165) is 46.3 Å². The molecule has 22 heavy (non-hydrogen) atoms. The lowest BCUT2D eigenvalue weighted by Gasteiger charge is -2.27. The molecule has 2 heterocycles. The van der Waals surface area contributed by atoms with Gasteiger partial charge < -0.3 is 14.7 Å². The van der Waals surface area contributed by atoms with Gasteiger partial charge in [0.1, 0.15) is 6.10 Å². The van der Waals surface area contributed by atoms with Crippen LogP contribution in [0.15, 0.2) is 42.2 Å². The maximum atomic E-state index is 7.00. The number of likely N-dealkylation sites (N-methyl/N-ethyl adjacent to an activating group) is 1. The molecule has 2 aliphatic rings. The van der Waals surface area contributed by atoms with E-state index < -0.39 is 0 Å². The molecule has 1 atom stereocenters. The molecule has 3 rings (SSSR count). The molecule has 1 saturated heterocycles. The van der Waals surface area contributed by atoms with Gasteiger partial charge in [-0.1, -0.05) is 30.3 Å². The summed E-state index contributed by atoms with van der Waals surface area (Å²) in [6.45, 7) is 5.38. The second kappa shape index (κ2) is 8.93. The van der Waals surface area contributed by atoms with E-state index in [1.54, 1.807) is 0 Å². The topological polar surface area (TPSA) is 35.9 Å². The molecular weight excluding hydrogens is 276 g/mol. The van der Waals surface area contributed by atoms with Crippen molar-refractivity contribution in [2.75, 3.05) is 40.3 Å². The molecule has 4 nitrogen and oxygen atoms in total. The molecule has 0 aliphatic carbocycles. The summed E-state index contributed by atoms with van der Waals surface area (Å²) in [5.41, 5.74) is 1.39. The van der Waals surface area contributed by atoms with Crippen LogP contribution >= 0.6 is 0 Å². The molecule has 0 saturated carbocycles. The van der Waals surface area contributed by atoms with Crippen LogP contribution in [0.4, 0.5) is 0 Å². The van der Waals surface area contributed by atoms with Gasteiger partial charge in [0.25, 0.3) is 0 Å². The molecule has 0 spiro atoms. The first-order chi connectivity index (χ1) is 10.8. The van der Waals surface area contributed by atoms with Crippen LogP contribution in [-0.4, -0.2) is 61.3 Å². The Labute approximate surface area is 134 Å². The fourth-order valence-electron chi connectivity index (χ4n) is 2.99. The highest BCUT2D eigenvalue weighted by atomic mass is 16.5. The van der Waals surface area contributed by atoms with Crippen molar-refractivity contribution in [3.05, 3.63) is 47.7 Å². The Morgan fingerprint density at radius 1 is 1.18 bits per heavy atom. The summed E-state index contributed by atoms with van der Waals surface area (Å²) >= 11 is 0. The van der Waals surface area contributed by atoms with E-state index in [1.807, 2.05) is 0 Å². The van der Waals surface area contributed by atoms with E-state index in [-0.39, 0.29) is 0 Å². The first-order valence-electron chi connectivity index (χ1n) is 8.05. The first kappa shape index (κ1) is 17.0. The van der Waals surface area contributed by atoms with Gasteiger partial charge in [-0.15, -0.1) is 0 Å². The molecule has 1 unspecified atom stereocenters. The number of hydrogen-bond acceptors (Lipinski definition) is 4. The number of aliphatic hydroxyl groups excluding tert-OH is 1. The summed E-state index contributed by atoms with van der Waals surface area (Å²) < 4.78 is 6.11. The molecule has 1 N–H and O–H groups in total. The third kappa shape index (κ3) is 5.13. The van der Waals surface area contributed by atoms with E-state index in [0.29, 0.717) is 6.10 Å². The highest BCUT2D eigenvalue weighted by Gasteiger charge is 2.22. The van der Waals surface area contributed by atoms with Crippen molar-refractivity contribution < 1.29 is 9.84 Å². The van der Waals surface area contributed by atoms with Gasteiger partial charge >= 0.3 is 0 Å². The van der Waals surface area contributed by atoms with Crippen molar-refractivity contribution >= 4 is 0 Å². The lowest BCUT2D eigenvalue weighted by molar-refractivity contribution is 0.103. The number of likely N-dealkylation sites (tertiary alicyclic amines) is 1. The lowest BCUT2D eigenvalue weighted by Crippen LogP contribution is -2.30. The van der Waals surface area contributed by atoms with E-state index in [9.17, 15) is 0 Å². The molecule has 1 aromatic rings. The zero-order chi connectivity index (χ0) is 15.8. The van der Waals surface area contributed by atoms with Crippen LogP contribution in [0.3, 0.4) is 0 Å². The minimum absolute atomic E-state index is 0.409. The molecule has 0 radical (unpaired) electrons. The Morgan fingerprint density at radius 3 is 2.55 bits per heavy atom. The Balaban J connectivity index is 0.000000847. The maximum Gasteiger partial charge on any atom is 0.112 e. The second-order valence-corrected chi connectivity index (χ2v) is 5.93. The van der Waals surface area contributed by atoms with E-state index in [1.165, 1.54) is 17.7 Å². The van der Waals surface area contributed by atoms with Gasteiger partial charge in [-0.25, -0.2) is 0 Å². The zero-order valence-electron chi connectivity index (χ0n) is 13.7. The van der Waals surface area contributed by atoms with E-state index in [2.05, 4.69) is 53.3 Å². The summed E-state index contributed by atoms with van der Waals surface area (Å²) in [5, 5.41) is 7.00. The summed E-state index contributed by atoms with van der Waals surface area (Å²) in [4.78, 5) is 4.82. The van der Waals surface area contributed by atoms with Gasteiger partial charge in [0.2, 0.25) is 0 Å². The second-order valence-electron chi connectivity index (χ2n) is 5.93. The van der Waals surface area contributed by atoms with Crippen LogP contribution in [0.25, 0.3) is 0 Å². The Hall–Kier alpha value is -1.36. The van der Waals surface area contributed by atoms with Crippen LogP contribution < -0.4 is 0 Å². The average molecular weight is 304 g/mol. The van der Waals surface area contributed by atoms with Crippen molar-refractivity contribution in [1.29, 1.82) is 0 Å². The largest absolute Gasteiger partial charge is 0.494 e. The standard InChI is InChI=1S/C17H24N2O.CH4O/c1-18-10-7-17(14-18)20-16-8-11-19(12-9-16)13-15-5-3-2-4-6-15;1-2/h2-6,8,17H,7,9-14H2,1H3;2H,1H3. The first-order valence-corrected chi connectivity index (χ1v) is 8.05. The third-order valence-electron chi connectivity index (χ3n) is 4.17. The maximum absolute atomic E-state index is 7.00. The quantitative estimate of drug-likeness (QED) is 0.924. The van der Waals surface area contributed by atoms with Crippen LogP contribution in [-0.2, 0) is 11.3 Å². The molecular formula is C18H28N2O2. The molecule has 2 aliphatic heterocycles. The third-order valence-corrected chi connectivity index (χ3v) is 4.17. The van der Waals surface area contributed by atoms with Crippen LogP contribution in [0.1, 0.15) is 18.4 Å². The van der Waals surface area contributed by atoms with Crippen LogP contribution in [0, 0.1) is 0 Å². The summed E-state index contributed by atoms with van der Waals surface area (Å²) in [7, 11) is 3.17. The smallest absolute Gasteiger partial charge is 0.112 e. The number of hydrogen-bond donors (Lipinski definition) is 1. The number of aliphatic hydroxyl groups is 1. The minimum atomic E-state index is 0.409. The van der Waals surface area contributed by atoms with Crippen LogP contribution in [0.5, 0.6) is 0 Å². The molecule has 4 heteroatoms. The number of nitrogens with zero attached hydrogens (tertiary/aromatic N) is 2. The number of rotatable bonds is 4. The Kier molecular flexibility index (Phi) is 6.90. The normalized spacial score (nSPS) is 22.7. The van der Waals surface area contributed by atoms with Crippen molar-refractivity contribution in [2.24, 2.45) is 0 Å². The summed E-state index contributed by atoms with van der Waals surface area (Å²) in [6.07, 6.45) is 4.89. The lowest BCUT2D eigenvalue weighted by atomic mass is 10.1. The van der Waals surface area contributed by atoms with E-state index >= 15 is 0 Å². The van der Waals surface area contributed by atoms with Crippen molar-refractivity contribution in [1.82, 2.24) is 9.80 Å². The summed E-state index contributed by atoms with van der Waals surface area (Å²) in [6, 6.07) is 10.7. The average Bonchev–Trinajstić information content (AvgIpc) is 2.97. The number of benzene rings is 1. The highest BCUT2D eigenvalue weighted by Crippen LogP contribution is 2.20. The Bertz CT molecular complexity index is 461.